The maximum Gasteiger partial charge on any atom is 0.262 e. The second-order valence-corrected chi connectivity index (χ2v) is 7.07. The molecule has 1 atom stereocenters. The van der Waals surface area contributed by atoms with Crippen LogP contribution in [0.25, 0.3) is 0 Å². The van der Waals surface area contributed by atoms with Crippen LogP contribution in [0, 0.1) is 6.92 Å². The first-order valence-electron chi connectivity index (χ1n) is 6.42. The van der Waals surface area contributed by atoms with E-state index < -0.39 is 6.04 Å². The molecule has 1 fully saturated rings. The van der Waals surface area contributed by atoms with E-state index in [1.165, 1.54) is 11.3 Å². The molecule has 1 aromatic heterocycles. The highest BCUT2D eigenvalue weighted by Crippen LogP contribution is 2.27. The molecule has 20 heavy (non-hydrogen) atoms. The lowest BCUT2D eigenvalue weighted by Crippen LogP contribution is -2.50. The van der Waals surface area contributed by atoms with Crippen LogP contribution in [-0.2, 0) is 9.53 Å². The molecular formula is C13H17BrN2O3S. The van der Waals surface area contributed by atoms with Gasteiger partial charge in [-0.3, -0.25) is 9.59 Å². The van der Waals surface area contributed by atoms with Gasteiger partial charge in [0.25, 0.3) is 5.91 Å². The highest BCUT2D eigenvalue weighted by molar-refractivity contribution is 9.11. The molecule has 1 saturated heterocycles. The molecule has 2 heterocycles. The summed E-state index contributed by atoms with van der Waals surface area (Å²) in [6.45, 7) is 5.93. The molecule has 0 saturated carbocycles. The Balaban J connectivity index is 1.94. The van der Waals surface area contributed by atoms with Gasteiger partial charge in [0, 0.05) is 13.1 Å². The molecule has 7 heteroatoms. The number of carbonyl (C=O) groups is 2. The summed E-state index contributed by atoms with van der Waals surface area (Å²) < 4.78 is 6.15. The average molecular weight is 361 g/mol. The average Bonchev–Trinajstić information content (AvgIpc) is 2.79. The Labute approximate surface area is 130 Å². The van der Waals surface area contributed by atoms with Crippen molar-refractivity contribution in [1.29, 1.82) is 0 Å². The molecule has 110 valence electrons. The molecule has 1 aliphatic rings. The number of nitrogens with one attached hydrogen (secondary N) is 1. The summed E-state index contributed by atoms with van der Waals surface area (Å²) in [5.74, 6) is -0.271. The Hall–Kier alpha value is -0.920. The summed E-state index contributed by atoms with van der Waals surface area (Å²) in [5.41, 5.74) is 1.02. The normalized spacial score (nSPS) is 16.9. The van der Waals surface area contributed by atoms with Crippen LogP contribution < -0.4 is 5.32 Å². The number of amides is 2. The lowest BCUT2D eigenvalue weighted by atomic mass is 10.2. The van der Waals surface area contributed by atoms with E-state index in [1.807, 2.05) is 13.0 Å². The topological polar surface area (TPSA) is 58.6 Å². The van der Waals surface area contributed by atoms with Crippen molar-refractivity contribution in [3.8, 4) is 0 Å². The molecule has 0 aliphatic carbocycles. The number of halogens is 1. The Bertz CT molecular complexity index is 492. The van der Waals surface area contributed by atoms with E-state index >= 15 is 0 Å². The molecule has 2 amide bonds. The van der Waals surface area contributed by atoms with Gasteiger partial charge >= 0.3 is 0 Å². The highest BCUT2D eigenvalue weighted by Gasteiger charge is 2.24. The van der Waals surface area contributed by atoms with Crippen molar-refractivity contribution in [1.82, 2.24) is 10.2 Å². The van der Waals surface area contributed by atoms with E-state index in [0.717, 1.165) is 9.35 Å². The third-order valence-electron chi connectivity index (χ3n) is 3.12. The molecule has 1 aliphatic heterocycles. The second kappa shape index (κ2) is 6.69. The van der Waals surface area contributed by atoms with Crippen molar-refractivity contribution < 1.29 is 14.3 Å². The minimum Gasteiger partial charge on any atom is -0.378 e. The maximum atomic E-state index is 12.2. The van der Waals surface area contributed by atoms with E-state index in [9.17, 15) is 9.59 Å². The quantitative estimate of drug-likeness (QED) is 0.893. The van der Waals surface area contributed by atoms with Gasteiger partial charge in [-0.05, 0) is 41.4 Å². The van der Waals surface area contributed by atoms with Gasteiger partial charge in [-0.15, -0.1) is 11.3 Å². The fourth-order valence-electron chi connectivity index (χ4n) is 1.96. The van der Waals surface area contributed by atoms with Crippen molar-refractivity contribution in [3.63, 3.8) is 0 Å². The van der Waals surface area contributed by atoms with Gasteiger partial charge in [-0.25, -0.2) is 0 Å². The molecule has 2 rings (SSSR count). The predicted octanol–water partition coefficient (Wildman–Crippen LogP) is 1.80. The lowest BCUT2D eigenvalue weighted by Gasteiger charge is -2.29. The Kier molecular flexibility index (Phi) is 5.17. The standard InChI is InChI=1S/C13H17BrN2O3S/c1-8-7-10(20-11(8)14)12(17)15-9(2)13(18)16-3-5-19-6-4-16/h7,9H,3-6H2,1-2H3,(H,15,17). The van der Waals surface area contributed by atoms with Crippen LogP contribution in [-0.4, -0.2) is 49.1 Å². The maximum absolute atomic E-state index is 12.2. The van der Waals surface area contributed by atoms with Crippen molar-refractivity contribution in [2.45, 2.75) is 19.9 Å². The summed E-state index contributed by atoms with van der Waals surface area (Å²) >= 11 is 4.76. The summed E-state index contributed by atoms with van der Waals surface area (Å²) in [6, 6.07) is 1.29. The van der Waals surface area contributed by atoms with Gasteiger partial charge in [0.15, 0.2) is 0 Å². The van der Waals surface area contributed by atoms with Gasteiger partial charge < -0.3 is 15.0 Å². The van der Waals surface area contributed by atoms with Gasteiger partial charge in [0.1, 0.15) is 6.04 Å². The zero-order chi connectivity index (χ0) is 14.7. The summed E-state index contributed by atoms with van der Waals surface area (Å²) in [6.07, 6.45) is 0. The third kappa shape index (κ3) is 3.59. The van der Waals surface area contributed by atoms with Crippen molar-refractivity contribution >= 4 is 39.1 Å². The number of rotatable bonds is 3. The van der Waals surface area contributed by atoms with Crippen LogP contribution in [0.4, 0.5) is 0 Å². The molecule has 0 bridgehead atoms. The fourth-order valence-corrected chi connectivity index (χ4v) is 3.40. The third-order valence-corrected chi connectivity index (χ3v) is 5.26. The van der Waals surface area contributed by atoms with Gasteiger partial charge in [0.2, 0.25) is 5.91 Å². The van der Waals surface area contributed by atoms with Crippen LogP contribution in [0.5, 0.6) is 0 Å². The number of morpholine rings is 1. The zero-order valence-corrected chi connectivity index (χ0v) is 13.8. The zero-order valence-electron chi connectivity index (χ0n) is 11.4. The number of nitrogens with zero attached hydrogens (tertiary/aromatic N) is 1. The smallest absolute Gasteiger partial charge is 0.262 e. The number of ether oxygens (including phenoxy) is 1. The fraction of sp³-hybridized carbons (Fsp3) is 0.538. The van der Waals surface area contributed by atoms with Crippen LogP contribution >= 0.6 is 27.3 Å². The SMILES string of the molecule is Cc1cc(C(=O)NC(C)C(=O)N2CCOCC2)sc1Br. The second-order valence-electron chi connectivity index (χ2n) is 4.70. The largest absolute Gasteiger partial charge is 0.378 e. The summed E-state index contributed by atoms with van der Waals surface area (Å²) in [4.78, 5) is 26.6. The van der Waals surface area contributed by atoms with E-state index in [4.69, 9.17) is 4.74 Å². The van der Waals surface area contributed by atoms with Gasteiger partial charge in [0.05, 0.1) is 21.9 Å². The summed E-state index contributed by atoms with van der Waals surface area (Å²) in [7, 11) is 0. The first kappa shape index (κ1) is 15.5. The molecule has 0 aromatic carbocycles. The molecule has 0 spiro atoms. The number of carbonyl (C=O) groups excluding carboxylic acids is 2. The lowest BCUT2D eigenvalue weighted by molar-refractivity contribution is -0.136. The predicted molar refractivity (Wildman–Crippen MR) is 81.1 cm³/mol. The Morgan fingerprint density at radius 1 is 1.45 bits per heavy atom. The highest BCUT2D eigenvalue weighted by atomic mass is 79.9. The van der Waals surface area contributed by atoms with E-state index in [1.54, 1.807) is 11.8 Å². The van der Waals surface area contributed by atoms with Crippen molar-refractivity contribution in [3.05, 3.63) is 20.3 Å². The Morgan fingerprint density at radius 3 is 2.65 bits per heavy atom. The van der Waals surface area contributed by atoms with Gasteiger partial charge in [-0.2, -0.15) is 0 Å². The monoisotopic (exact) mass is 360 g/mol. The van der Waals surface area contributed by atoms with E-state index in [0.29, 0.717) is 31.2 Å². The number of hydrogen-bond donors (Lipinski definition) is 1. The van der Waals surface area contributed by atoms with E-state index in [2.05, 4.69) is 21.2 Å². The molecule has 5 nitrogen and oxygen atoms in total. The molecule has 1 aromatic rings. The minimum atomic E-state index is -0.526. The van der Waals surface area contributed by atoms with Crippen LogP contribution in [0.3, 0.4) is 0 Å². The van der Waals surface area contributed by atoms with Gasteiger partial charge in [-0.1, -0.05) is 0 Å². The first-order valence-corrected chi connectivity index (χ1v) is 8.03. The molecular weight excluding hydrogens is 344 g/mol. The van der Waals surface area contributed by atoms with Crippen molar-refractivity contribution in [2.75, 3.05) is 26.3 Å². The number of thiophene rings is 1. The number of aryl methyl sites for hydroxylation is 1. The first-order chi connectivity index (χ1) is 9.49. The summed E-state index contributed by atoms with van der Waals surface area (Å²) in [5, 5.41) is 2.75. The molecule has 0 radical (unpaired) electrons. The van der Waals surface area contributed by atoms with Crippen LogP contribution in [0.2, 0.25) is 0 Å². The Morgan fingerprint density at radius 2 is 2.10 bits per heavy atom. The number of hydrogen-bond acceptors (Lipinski definition) is 4. The molecule has 1 unspecified atom stereocenters. The molecule has 1 N–H and O–H groups in total. The van der Waals surface area contributed by atoms with Crippen molar-refractivity contribution in [2.24, 2.45) is 0 Å². The van der Waals surface area contributed by atoms with Crippen LogP contribution in [0.1, 0.15) is 22.2 Å². The van der Waals surface area contributed by atoms with Crippen LogP contribution in [0.15, 0.2) is 9.85 Å². The van der Waals surface area contributed by atoms with E-state index in [-0.39, 0.29) is 11.8 Å². The minimum absolute atomic E-state index is 0.0611.